The Hall–Kier alpha value is -0.970. The van der Waals surface area contributed by atoms with Crippen molar-refractivity contribution >= 4 is 23.4 Å². The highest BCUT2D eigenvalue weighted by atomic mass is 35.5. The molecule has 1 aromatic heterocycles. The molecule has 0 fully saturated rings. The molecule has 1 atom stereocenters. The molecule has 0 radical (unpaired) electrons. The number of hydrogen-bond acceptors (Lipinski definition) is 3. The number of rotatable bonds is 5. The van der Waals surface area contributed by atoms with E-state index in [0.717, 1.165) is 28.4 Å². The Morgan fingerprint density at radius 3 is 2.70 bits per heavy atom. The lowest BCUT2D eigenvalue weighted by atomic mass is 10.0. The molecule has 2 N–H and O–H groups in total. The van der Waals surface area contributed by atoms with Gasteiger partial charge in [0.05, 0.1) is 16.4 Å². The van der Waals surface area contributed by atoms with Gasteiger partial charge in [0.25, 0.3) is 0 Å². The third-order valence-corrected chi connectivity index (χ3v) is 4.70. The fraction of sp³-hybridized carbons (Fsp3) is 0.400. The summed E-state index contributed by atoms with van der Waals surface area (Å²) >= 11 is 8.11. The van der Waals surface area contributed by atoms with Crippen molar-refractivity contribution in [2.24, 2.45) is 12.8 Å². The third-order valence-electron chi connectivity index (χ3n) is 3.45. The van der Waals surface area contributed by atoms with Gasteiger partial charge in [0, 0.05) is 24.4 Å². The van der Waals surface area contributed by atoms with Crippen LogP contribution in [0.2, 0.25) is 5.02 Å². The summed E-state index contributed by atoms with van der Waals surface area (Å²) in [5, 5.41) is 5.20. The molecule has 0 aliphatic heterocycles. The Morgan fingerprint density at radius 2 is 2.10 bits per heavy atom. The van der Waals surface area contributed by atoms with E-state index in [0.29, 0.717) is 6.42 Å². The van der Waals surface area contributed by atoms with Gasteiger partial charge in [0.15, 0.2) is 0 Å². The van der Waals surface area contributed by atoms with Gasteiger partial charge in [0.2, 0.25) is 0 Å². The summed E-state index contributed by atoms with van der Waals surface area (Å²) < 4.78 is 1.85. The van der Waals surface area contributed by atoms with Crippen LogP contribution in [0.5, 0.6) is 0 Å². The van der Waals surface area contributed by atoms with E-state index < -0.39 is 0 Å². The quantitative estimate of drug-likeness (QED) is 0.858. The van der Waals surface area contributed by atoms with Crippen LogP contribution >= 0.6 is 23.4 Å². The highest BCUT2D eigenvalue weighted by molar-refractivity contribution is 7.98. The van der Waals surface area contributed by atoms with Crippen LogP contribution in [0.15, 0.2) is 29.2 Å². The third kappa shape index (κ3) is 3.03. The van der Waals surface area contributed by atoms with Crippen molar-refractivity contribution < 1.29 is 0 Å². The first-order valence-corrected chi connectivity index (χ1v) is 8.27. The number of thioether (sulfide) groups is 1. The zero-order chi connectivity index (χ0) is 14.7. The number of nitrogens with two attached hydrogens (primary N) is 1. The lowest BCUT2D eigenvalue weighted by molar-refractivity contribution is 0.632. The molecule has 1 heterocycles. The van der Waals surface area contributed by atoms with E-state index in [4.69, 9.17) is 17.3 Å². The number of aryl methyl sites for hydroxylation is 2. The van der Waals surface area contributed by atoms with Crippen LogP contribution < -0.4 is 5.73 Å². The highest BCUT2D eigenvalue weighted by Crippen LogP contribution is 2.29. The van der Waals surface area contributed by atoms with Crippen LogP contribution in [0, 0.1) is 0 Å². The second kappa shape index (κ2) is 6.66. The van der Waals surface area contributed by atoms with Gasteiger partial charge in [0.1, 0.15) is 0 Å². The SMILES string of the molecule is CCc1nn(C)c(CC(N)c2ccccc2SC)c1Cl. The van der Waals surface area contributed by atoms with Gasteiger partial charge < -0.3 is 5.73 Å². The van der Waals surface area contributed by atoms with Crippen molar-refractivity contribution in [2.45, 2.75) is 30.7 Å². The predicted molar refractivity (Wildman–Crippen MR) is 86.5 cm³/mol. The Labute approximate surface area is 129 Å². The average molecular weight is 310 g/mol. The second-order valence-corrected chi connectivity index (χ2v) is 5.96. The molecule has 0 aliphatic carbocycles. The Balaban J connectivity index is 2.28. The molecule has 0 amide bonds. The summed E-state index contributed by atoms with van der Waals surface area (Å²) in [5.74, 6) is 0. The molecule has 0 saturated carbocycles. The van der Waals surface area contributed by atoms with Crippen LogP contribution in [-0.2, 0) is 19.9 Å². The summed E-state index contributed by atoms with van der Waals surface area (Å²) in [5.41, 5.74) is 9.49. The Morgan fingerprint density at radius 1 is 1.40 bits per heavy atom. The molecule has 1 unspecified atom stereocenters. The number of aromatic nitrogens is 2. The number of halogens is 1. The van der Waals surface area contributed by atoms with Gasteiger partial charge in [-0.3, -0.25) is 4.68 Å². The molecule has 0 bridgehead atoms. The summed E-state index contributed by atoms with van der Waals surface area (Å²) in [7, 11) is 1.92. The van der Waals surface area contributed by atoms with Crippen molar-refractivity contribution in [1.82, 2.24) is 9.78 Å². The topological polar surface area (TPSA) is 43.8 Å². The standard InChI is InChI=1S/C15H20ClN3S/c1-4-12-15(16)13(19(2)18-12)9-11(17)10-7-5-6-8-14(10)20-3/h5-8,11H,4,9,17H2,1-3H3. The molecule has 0 saturated heterocycles. The molecule has 0 aliphatic rings. The van der Waals surface area contributed by atoms with Crippen molar-refractivity contribution in [2.75, 3.05) is 6.26 Å². The van der Waals surface area contributed by atoms with Crippen molar-refractivity contribution in [3.05, 3.63) is 46.2 Å². The number of benzene rings is 1. The van der Waals surface area contributed by atoms with Crippen LogP contribution in [0.4, 0.5) is 0 Å². The summed E-state index contributed by atoms with van der Waals surface area (Å²) in [4.78, 5) is 1.22. The smallest absolute Gasteiger partial charge is 0.0850 e. The van der Waals surface area contributed by atoms with Crippen LogP contribution in [0.3, 0.4) is 0 Å². The minimum atomic E-state index is -0.0729. The van der Waals surface area contributed by atoms with Gasteiger partial charge in [-0.15, -0.1) is 11.8 Å². The molecule has 2 rings (SSSR count). The maximum Gasteiger partial charge on any atom is 0.0850 e. The van der Waals surface area contributed by atoms with E-state index in [1.165, 1.54) is 4.90 Å². The van der Waals surface area contributed by atoms with E-state index in [-0.39, 0.29) is 6.04 Å². The fourth-order valence-electron chi connectivity index (χ4n) is 2.33. The zero-order valence-corrected chi connectivity index (χ0v) is 13.6. The lowest BCUT2D eigenvalue weighted by Crippen LogP contribution is -2.16. The Bertz CT molecular complexity index is 595. The number of nitrogens with zero attached hydrogens (tertiary/aromatic N) is 2. The van der Waals surface area contributed by atoms with E-state index >= 15 is 0 Å². The van der Waals surface area contributed by atoms with Gasteiger partial charge in [-0.05, 0) is 24.3 Å². The minimum Gasteiger partial charge on any atom is -0.324 e. The first-order chi connectivity index (χ1) is 9.58. The largest absolute Gasteiger partial charge is 0.324 e. The molecular formula is C15H20ClN3S. The maximum atomic E-state index is 6.39. The maximum absolute atomic E-state index is 6.39. The molecule has 108 valence electrons. The first-order valence-electron chi connectivity index (χ1n) is 6.67. The zero-order valence-electron chi connectivity index (χ0n) is 12.1. The van der Waals surface area contributed by atoms with Crippen molar-refractivity contribution in [3.63, 3.8) is 0 Å². The predicted octanol–water partition coefficient (Wildman–Crippen LogP) is 3.60. The summed E-state index contributed by atoms with van der Waals surface area (Å²) in [6, 6.07) is 8.17. The van der Waals surface area contributed by atoms with Crippen molar-refractivity contribution in [1.29, 1.82) is 0 Å². The molecule has 20 heavy (non-hydrogen) atoms. The van der Waals surface area contributed by atoms with E-state index in [1.54, 1.807) is 11.8 Å². The molecule has 5 heteroatoms. The summed E-state index contributed by atoms with van der Waals surface area (Å²) in [6.07, 6.45) is 3.60. The van der Waals surface area contributed by atoms with Crippen molar-refractivity contribution in [3.8, 4) is 0 Å². The monoisotopic (exact) mass is 309 g/mol. The van der Waals surface area contributed by atoms with E-state index in [1.807, 2.05) is 23.9 Å². The van der Waals surface area contributed by atoms with E-state index in [9.17, 15) is 0 Å². The van der Waals surface area contributed by atoms with E-state index in [2.05, 4.69) is 30.4 Å². The van der Waals surface area contributed by atoms with Gasteiger partial charge in [-0.25, -0.2) is 0 Å². The van der Waals surface area contributed by atoms with Crippen LogP contribution in [0.1, 0.15) is 29.9 Å². The first kappa shape index (κ1) is 15.4. The average Bonchev–Trinajstić information content (AvgIpc) is 2.74. The Kier molecular flexibility index (Phi) is 5.13. The van der Waals surface area contributed by atoms with Gasteiger partial charge in [-0.1, -0.05) is 36.7 Å². The lowest BCUT2D eigenvalue weighted by Gasteiger charge is -2.15. The van der Waals surface area contributed by atoms with Crippen LogP contribution in [-0.4, -0.2) is 16.0 Å². The molecule has 0 spiro atoms. The molecular weight excluding hydrogens is 290 g/mol. The minimum absolute atomic E-state index is 0.0729. The number of hydrogen-bond donors (Lipinski definition) is 1. The molecule has 3 nitrogen and oxygen atoms in total. The summed E-state index contributed by atoms with van der Waals surface area (Å²) in [6.45, 7) is 2.06. The fourth-order valence-corrected chi connectivity index (χ4v) is 3.37. The van der Waals surface area contributed by atoms with Gasteiger partial charge in [-0.2, -0.15) is 5.10 Å². The van der Waals surface area contributed by atoms with Gasteiger partial charge >= 0.3 is 0 Å². The van der Waals surface area contributed by atoms with Crippen LogP contribution in [0.25, 0.3) is 0 Å². The normalized spacial score (nSPS) is 12.7. The molecule has 2 aromatic rings. The highest BCUT2D eigenvalue weighted by Gasteiger charge is 2.18. The second-order valence-electron chi connectivity index (χ2n) is 4.74. The molecule has 1 aromatic carbocycles.